The molecule has 1 N–H and O–H groups in total. The molecule has 0 aliphatic carbocycles. The van der Waals surface area contributed by atoms with Crippen molar-refractivity contribution in [3.05, 3.63) is 48.3 Å². The zero-order chi connectivity index (χ0) is 10.8. The van der Waals surface area contributed by atoms with Crippen LogP contribution in [0.5, 0.6) is 5.75 Å². The molecule has 0 fully saturated rings. The van der Waals surface area contributed by atoms with Crippen molar-refractivity contribution in [3.63, 3.8) is 0 Å². The van der Waals surface area contributed by atoms with Crippen LogP contribution in [-0.2, 0) is 7.05 Å². The minimum absolute atomic E-state index is 0.309. The van der Waals surface area contributed by atoms with E-state index < -0.39 is 0 Å². The maximum absolute atomic E-state index is 9.79. The molecular formula is C13H14NO+. The first kappa shape index (κ1) is 9.71. The van der Waals surface area contributed by atoms with Gasteiger partial charge in [0.15, 0.2) is 11.9 Å². The Morgan fingerprint density at radius 1 is 1.07 bits per heavy atom. The smallest absolute Gasteiger partial charge is 0.211 e. The Morgan fingerprint density at radius 2 is 1.73 bits per heavy atom. The largest absolute Gasteiger partial charge is 0.502 e. The van der Waals surface area contributed by atoms with Gasteiger partial charge in [0, 0.05) is 11.6 Å². The lowest BCUT2D eigenvalue weighted by Gasteiger charge is -2.03. The zero-order valence-corrected chi connectivity index (χ0v) is 8.94. The number of aromatic hydroxyl groups is 1. The normalized spacial score (nSPS) is 10.3. The van der Waals surface area contributed by atoms with Gasteiger partial charge in [-0.25, -0.2) is 4.57 Å². The van der Waals surface area contributed by atoms with Crippen LogP contribution in [0.4, 0.5) is 0 Å². The molecule has 0 unspecified atom stereocenters. The van der Waals surface area contributed by atoms with E-state index in [9.17, 15) is 5.11 Å². The predicted octanol–water partition coefficient (Wildman–Crippen LogP) is 2.19. The Bertz CT molecular complexity index is 474. The van der Waals surface area contributed by atoms with Gasteiger partial charge in [0.1, 0.15) is 7.05 Å². The van der Waals surface area contributed by atoms with E-state index in [0.717, 1.165) is 11.1 Å². The predicted molar refractivity (Wildman–Crippen MR) is 59.5 cm³/mol. The van der Waals surface area contributed by atoms with E-state index in [1.165, 1.54) is 5.56 Å². The molecule has 1 aromatic carbocycles. The van der Waals surface area contributed by atoms with Crippen LogP contribution in [0.25, 0.3) is 11.1 Å². The van der Waals surface area contributed by atoms with Gasteiger partial charge in [-0.05, 0) is 12.5 Å². The van der Waals surface area contributed by atoms with Crippen LogP contribution in [0.1, 0.15) is 5.56 Å². The fourth-order valence-electron chi connectivity index (χ4n) is 1.56. The maximum atomic E-state index is 9.79. The number of hydrogen-bond donors (Lipinski definition) is 1. The van der Waals surface area contributed by atoms with E-state index in [0.29, 0.717) is 5.75 Å². The number of hydrogen-bond acceptors (Lipinski definition) is 1. The molecule has 76 valence electrons. The van der Waals surface area contributed by atoms with Gasteiger partial charge in [0.2, 0.25) is 6.20 Å². The van der Waals surface area contributed by atoms with Crippen LogP contribution in [0.15, 0.2) is 42.7 Å². The average molecular weight is 200 g/mol. The molecule has 0 saturated carbocycles. The first-order valence-electron chi connectivity index (χ1n) is 4.92. The number of pyridine rings is 1. The van der Waals surface area contributed by atoms with Gasteiger partial charge in [0.25, 0.3) is 0 Å². The van der Waals surface area contributed by atoms with E-state index in [4.69, 9.17) is 0 Å². The number of rotatable bonds is 1. The lowest BCUT2D eigenvalue weighted by atomic mass is 10.0. The lowest BCUT2D eigenvalue weighted by molar-refractivity contribution is -0.671. The minimum atomic E-state index is 0.309. The highest BCUT2D eigenvalue weighted by molar-refractivity contribution is 5.68. The summed E-state index contributed by atoms with van der Waals surface area (Å²) in [5, 5.41) is 9.79. The second kappa shape index (κ2) is 3.73. The summed E-state index contributed by atoms with van der Waals surface area (Å²) in [7, 11) is 1.89. The zero-order valence-electron chi connectivity index (χ0n) is 8.94. The quantitative estimate of drug-likeness (QED) is 0.701. The summed E-state index contributed by atoms with van der Waals surface area (Å²) < 4.78 is 1.83. The Balaban J connectivity index is 2.49. The van der Waals surface area contributed by atoms with Crippen molar-refractivity contribution in [1.82, 2.24) is 0 Å². The summed E-state index contributed by atoms with van der Waals surface area (Å²) in [5.41, 5.74) is 3.13. The fourth-order valence-corrected chi connectivity index (χ4v) is 1.56. The van der Waals surface area contributed by atoms with Crippen molar-refractivity contribution in [2.75, 3.05) is 0 Å². The second-order valence-electron chi connectivity index (χ2n) is 3.78. The third-order valence-corrected chi connectivity index (χ3v) is 2.44. The van der Waals surface area contributed by atoms with Crippen LogP contribution in [0.3, 0.4) is 0 Å². The van der Waals surface area contributed by atoms with E-state index in [-0.39, 0.29) is 0 Å². The summed E-state index contributed by atoms with van der Waals surface area (Å²) in [5.74, 6) is 0.309. The second-order valence-corrected chi connectivity index (χ2v) is 3.78. The molecule has 0 atom stereocenters. The number of aryl methyl sites for hydroxylation is 2. The van der Waals surface area contributed by atoms with Crippen molar-refractivity contribution < 1.29 is 9.67 Å². The minimum Gasteiger partial charge on any atom is -0.502 e. The molecule has 0 aliphatic rings. The first-order chi connectivity index (χ1) is 7.16. The third-order valence-electron chi connectivity index (χ3n) is 2.44. The van der Waals surface area contributed by atoms with Gasteiger partial charge < -0.3 is 5.11 Å². The van der Waals surface area contributed by atoms with E-state index >= 15 is 0 Å². The Labute approximate surface area is 89.4 Å². The van der Waals surface area contributed by atoms with Crippen LogP contribution in [0.2, 0.25) is 0 Å². The molecule has 0 bridgehead atoms. The molecule has 0 radical (unpaired) electrons. The van der Waals surface area contributed by atoms with E-state index in [1.54, 1.807) is 6.20 Å². The SMILES string of the molecule is Cc1ccc(-c2cc[n+](C)cc2O)cc1. The highest BCUT2D eigenvalue weighted by Gasteiger charge is 2.07. The number of aromatic nitrogens is 1. The van der Waals surface area contributed by atoms with E-state index in [2.05, 4.69) is 6.92 Å². The molecule has 2 rings (SSSR count). The molecular weight excluding hydrogens is 186 g/mol. The van der Waals surface area contributed by atoms with E-state index in [1.807, 2.05) is 48.1 Å². The van der Waals surface area contributed by atoms with Gasteiger partial charge in [0.05, 0.1) is 0 Å². The summed E-state index contributed by atoms with van der Waals surface area (Å²) in [6, 6.07) is 10.0. The molecule has 2 heteroatoms. The van der Waals surface area contributed by atoms with Crippen LogP contribution in [0, 0.1) is 6.92 Å². The Morgan fingerprint density at radius 3 is 2.33 bits per heavy atom. The van der Waals surface area contributed by atoms with Crippen LogP contribution >= 0.6 is 0 Å². The Kier molecular flexibility index (Phi) is 2.42. The van der Waals surface area contributed by atoms with Gasteiger partial charge >= 0.3 is 0 Å². The van der Waals surface area contributed by atoms with Gasteiger partial charge in [-0.1, -0.05) is 29.8 Å². The van der Waals surface area contributed by atoms with Crippen molar-refractivity contribution in [2.24, 2.45) is 7.05 Å². The van der Waals surface area contributed by atoms with Crippen molar-refractivity contribution in [1.29, 1.82) is 0 Å². The summed E-state index contributed by atoms with van der Waals surface area (Å²) in [6.45, 7) is 2.05. The molecule has 15 heavy (non-hydrogen) atoms. The standard InChI is InChI=1S/C13H13NO/c1-10-3-5-11(6-4-10)12-7-8-14(2)9-13(12)15/h3-9H,1-2H3/p+1. The van der Waals surface area contributed by atoms with Gasteiger partial charge in [-0.3, -0.25) is 0 Å². The van der Waals surface area contributed by atoms with Crippen molar-refractivity contribution >= 4 is 0 Å². The maximum Gasteiger partial charge on any atom is 0.211 e. The summed E-state index contributed by atoms with van der Waals surface area (Å²) >= 11 is 0. The molecule has 1 heterocycles. The van der Waals surface area contributed by atoms with Gasteiger partial charge in [-0.15, -0.1) is 0 Å². The third kappa shape index (κ3) is 1.99. The van der Waals surface area contributed by atoms with Crippen LogP contribution in [-0.4, -0.2) is 5.11 Å². The molecule has 1 aromatic heterocycles. The fraction of sp³-hybridized carbons (Fsp3) is 0.154. The summed E-state index contributed by atoms with van der Waals surface area (Å²) in [4.78, 5) is 0. The van der Waals surface area contributed by atoms with Crippen molar-refractivity contribution in [2.45, 2.75) is 6.92 Å². The molecule has 0 aliphatic heterocycles. The topological polar surface area (TPSA) is 24.1 Å². The molecule has 2 aromatic rings. The average Bonchev–Trinajstić information content (AvgIpc) is 2.20. The number of nitrogens with zero attached hydrogens (tertiary/aromatic N) is 1. The first-order valence-corrected chi connectivity index (χ1v) is 4.92. The van der Waals surface area contributed by atoms with Crippen molar-refractivity contribution in [3.8, 4) is 16.9 Å². The Hall–Kier alpha value is -1.83. The molecule has 0 saturated heterocycles. The highest BCUT2D eigenvalue weighted by Crippen LogP contribution is 2.27. The summed E-state index contributed by atoms with van der Waals surface area (Å²) in [6.07, 6.45) is 3.63. The number of benzene rings is 1. The van der Waals surface area contributed by atoms with Gasteiger partial charge in [-0.2, -0.15) is 0 Å². The monoisotopic (exact) mass is 200 g/mol. The molecule has 0 spiro atoms. The lowest BCUT2D eigenvalue weighted by Crippen LogP contribution is -2.25. The highest BCUT2D eigenvalue weighted by atomic mass is 16.3. The molecule has 0 amide bonds. The molecule has 2 nitrogen and oxygen atoms in total. The van der Waals surface area contributed by atoms with Crippen LogP contribution < -0.4 is 4.57 Å².